The van der Waals surface area contributed by atoms with E-state index in [1.807, 2.05) is 0 Å². The topological polar surface area (TPSA) is 31.6 Å². The van der Waals surface area contributed by atoms with Crippen LogP contribution in [-0.2, 0) is 0 Å². The average molecular weight is 563 g/mol. The quantitative estimate of drug-likeness (QED) is 0.214. The highest BCUT2D eigenvalue weighted by atomic mass is 79.9. The molecule has 0 aliphatic heterocycles. The van der Waals surface area contributed by atoms with E-state index in [4.69, 9.17) is 0 Å². The maximum Gasteiger partial charge on any atom is 0.0544 e. The standard InChI is InChI=1S/C36H23BrN2/c37-26-17-15-22(16-18-26)23-19-24(27-9-5-11-31-29-7-1-3-13-33(29)38-35(27)31)21-25(20-23)28-10-6-12-32-30-8-2-4-14-34(30)39-36(28)32/h1-21,38-39H. The molecule has 39 heavy (non-hydrogen) atoms. The molecule has 8 aromatic rings. The van der Waals surface area contributed by atoms with Gasteiger partial charge in [0.05, 0.1) is 11.0 Å². The largest absolute Gasteiger partial charge is 0.354 e. The van der Waals surface area contributed by atoms with E-state index in [0.29, 0.717) is 0 Å². The number of hydrogen-bond donors (Lipinski definition) is 2. The van der Waals surface area contributed by atoms with Crippen molar-refractivity contribution in [1.82, 2.24) is 9.97 Å². The number of para-hydroxylation sites is 4. The van der Waals surface area contributed by atoms with Crippen LogP contribution >= 0.6 is 15.9 Å². The lowest BCUT2D eigenvalue weighted by atomic mass is 9.92. The summed E-state index contributed by atoms with van der Waals surface area (Å²) < 4.78 is 1.08. The van der Waals surface area contributed by atoms with Crippen molar-refractivity contribution < 1.29 is 0 Å². The second-order valence-electron chi connectivity index (χ2n) is 10.1. The Hall–Kier alpha value is -4.60. The lowest BCUT2D eigenvalue weighted by Crippen LogP contribution is -1.88. The number of nitrogens with one attached hydrogen (secondary N) is 2. The minimum absolute atomic E-state index is 1.08. The highest BCUT2D eigenvalue weighted by molar-refractivity contribution is 9.10. The van der Waals surface area contributed by atoms with Gasteiger partial charge < -0.3 is 9.97 Å². The molecule has 0 aliphatic rings. The number of benzene rings is 6. The number of hydrogen-bond acceptors (Lipinski definition) is 0. The zero-order chi connectivity index (χ0) is 25.9. The molecular weight excluding hydrogens is 540 g/mol. The number of rotatable bonds is 3. The van der Waals surface area contributed by atoms with Gasteiger partial charge in [0.25, 0.3) is 0 Å². The van der Waals surface area contributed by atoms with Gasteiger partial charge in [0.15, 0.2) is 0 Å². The number of aromatic amines is 2. The summed E-state index contributed by atoms with van der Waals surface area (Å²) in [6.45, 7) is 0. The van der Waals surface area contributed by atoms with E-state index in [2.05, 4.69) is 153 Å². The van der Waals surface area contributed by atoms with Gasteiger partial charge in [-0.15, -0.1) is 0 Å². The molecule has 0 unspecified atom stereocenters. The number of halogens is 1. The van der Waals surface area contributed by atoms with Crippen molar-refractivity contribution in [3.8, 4) is 33.4 Å². The van der Waals surface area contributed by atoms with E-state index in [0.717, 1.165) is 15.5 Å². The Morgan fingerprint density at radius 2 is 0.846 bits per heavy atom. The summed E-state index contributed by atoms with van der Waals surface area (Å²) in [5.41, 5.74) is 11.8. The van der Waals surface area contributed by atoms with Gasteiger partial charge in [0.2, 0.25) is 0 Å². The van der Waals surface area contributed by atoms with Crippen molar-refractivity contribution in [2.45, 2.75) is 0 Å². The van der Waals surface area contributed by atoms with Crippen LogP contribution in [-0.4, -0.2) is 9.97 Å². The molecule has 3 heteroatoms. The first-order chi connectivity index (χ1) is 19.2. The van der Waals surface area contributed by atoms with Gasteiger partial charge in [-0.2, -0.15) is 0 Å². The molecule has 0 amide bonds. The molecule has 0 bridgehead atoms. The van der Waals surface area contributed by atoms with Crippen LogP contribution < -0.4 is 0 Å². The Balaban J connectivity index is 1.42. The van der Waals surface area contributed by atoms with Crippen LogP contribution in [0.15, 0.2) is 132 Å². The highest BCUT2D eigenvalue weighted by Crippen LogP contribution is 2.40. The van der Waals surface area contributed by atoms with Crippen molar-refractivity contribution in [2.75, 3.05) is 0 Å². The molecule has 0 spiro atoms. The van der Waals surface area contributed by atoms with Crippen molar-refractivity contribution in [3.63, 3.8) is 0 Å². The van der Waals surface area contributed by atoms with Gasteiger partial charge in [-0.3, -0.25) is 0 Å². The summed E-state index contributed by atoms with van der Waals surface area (Å²) >= 11 is 3.60. The fraction of sp³-hybridized carbons (Fsp3) is 0. The smallest absolute Gasteiger partial charge is 0.0544 e. The third kappa shape index (κ3) is 3.62. The molecule has 8 rings (SSSR count). The van der Waals surface area contributed by atoms with Crippen molar-refractivity contribution >= 4 is 59.5 Å². The zero-order valence-electron chi connectivity index (χ0n) is 21.0. The molecule has 0 saturated heterocycles. The molecule has 0 fully saturated rings. The average Bonchev–Trinajstić information content (AvgIpc) is 3.56. The van der Waals surface area contributed by atoms with Gasteiger partial charge in [0.1, 0.15) is 0 Å². The summed E-state index contributed by atoms with van der Waals surface area (Å²) in [6.07, 6.45) is 0. The van der Waals surface area contributed by atoms with Crippen LogP contribution in [0.3, 0.4) is 0 Å². The third-order valence-corrected chi connectivity index (χ3v) is 8.34. The predicted molar refractivity (Wildman–Crippen MR) is 169 cm³/mol. The second-order valence-corrected chi connectivity index (χ2v) is 11.0. The van der Waals surface area contributed by atoms with Crippen LogP contribution in [0.25, 0.3) is 77.0 Å². The molecule has 6 aromatic carbocycles. The summed E-state index contributed by atoms with van der Waals surface area (Å²) in [7, 11) is 0. The molecule has 0 aliphatic carbocycles. The molecule has 0 radical (unpaired) electrons. The molecule has 2 aromatic heterocycles. The minimum atomic E-state index is 1.08. The van der Waals surface area contributed by atoms with Crippen LogP contribution in [0, 0.1) is 0 Å². The Labute approximate surface area is 234 Å². The summed E-state index contributed by atoms with van der Waals surface area (Å²) in [5.74, 6) is 0. The predicted octanol–water partition coefficient (Wildman–Crippen LogP) is 10.7. The van der Waals surface area contributed by atoms with E-state index < -0.39 is 0 Å². The van der Waals surface area contributed by atoms with Gasteiger partial charge in [-0.25, -0.2) is 0 Å². The Morgan fingerprint density at radius 3 is 1.38 bits per heavy atom. The summed E-state index contributed by atoms with van der Waals surface area (Å²) in [4.78, 5) is 7.41. The van der Waals surface area contributed by atoms with Crippen molar-refractivity contribution in [1.29, 1.82) is 0 Å². The SMILES string of the molecule is Brc1ccc(-c2cc(-c3cccc4c3[nH]c3ccccc34)cc(-c3cccc4c3[nH]c3ccccc34)c2)cc1. The van der Waals surface area contributed by atoms with Gasteiger partial charge in [-0.05, 0) is 64.7 Å². The van der Waals surface area contributed by atoms with Crippen LogP contribution in [0.2, 0.25) is 0 Å². The normalized spacial score (nSPS) is 11.7. The maximum absolute atomic E-state index is 3.71. The van der Waals surface area contributed by atoms with E-state index in [1.165, 1.54) is 66.0 Å². The van der Waals surface area contributed by atoms with Gasteiger partial charge >= 0.3 is 0 Å². The van der Waals surface area contributed by atoms with Gasteiger partial charge in [-0.1, -0.05) is 101 Å². The Morgan fingerprint density at radius 1 is 0.385 bits per heavy atom. The molecule has 2 N–H and O–H groups in total. The monoisotopic (exact) mass is 562 g/mol. The van der Waals surface area contributed by atoms with E-state index in [1.54, 1.807) is 0 Å². The van der Waals surface area contributed by atoms with Crippen LogP contribution in [0.1, 0.15) is 0 Å². The number of aromatic nitrogens is 2. The van der Waals surface area contributed by atoms with Crippen molar-refractivity contribution in [2.24, 2.45) is 0 Å². The van der Waals surface area contributed by atoms with E-state index >= 15 is 0 Å². The summed E-state index contributed by atoms with van der Waals surface area (Å²) in [5, 5.41) is 5.00. The van der Waals surface area contributed by atoms with Crippen LogP contribution in [0.4, 0.5) is 0 Å². The minimum Gasteiger partial charge on any atom is -0.354 e. The lowest BCUT2D eigenvalue weighted by Gasteiger charge is -2.13. The third-order valence-electron chi connectivity index (χ3n) is 7.82. The number of H-pyrrole nitrogens is 2. The Kier molecular flexibility index (Phi) is 5.01. The van der Waals surface area contributed by atoms with E-state index in [-0.39, 0.29) is 0 Å². The lowest BCUT2D eigenvalue weighted by molar-refractivity contribution is 1.52. The van der Waals surface area contributed by atoms with Crippen molar-refractivity contribution in [3.05, 3.63) is 132 Å². The molecule has 184 valence electrons. The zero-order valence-corrected chi connectivity index (χ0v) is 22.6. The molecule has 0 saturated carbocycles. The highest BCUT2D eigenvalue weighted by Gasteiger charge is 2.15. The fourth-order valence-electron chi connectivity index (χ4n) is 5.97. The van der Waals surface area contributed by atoms with Gasteiger partial charge in [0, 0.05) is 48.2 Å². The number of fused-ring (bicyclic) bond motifs is 6. The first kappa shape index (κ1) is 22.4. The fourth-order valence-corrected chi connectivity index (χ4v) is 6.24. The molecule has 2 heterocycles. The second kappa shape index (κ2) is 8.72. The molecular formula is C36H23BrN2. The van der Waals surface area contributed by atoms with E-state index in [9.17, 15) is 0 Å². The van der Waals surface area contributed by atoms with Crippen LogP contribution in [0.5, 0.6) is 0 Å². The first-order valence-corrected chi connectivity index (χ1v) is 13.9. The molecule has 2 nitrogen and oxygen atoms in total. The maximum atomic E-state index is 3.71. The molecule has 0 atom stereocenters. The summed E-state index contributed by atoms with van der Waals surface area (Å²) in [6, 6.07) is 45.8. The Bertz CT molecular complexity index is 2050. The first-order valence-electron chi connectivity index (χ1n) is 13.1.